The van der Waals surface area contributed by atoms with Crippen LogP contribution in [0.3, 0.4) is 0 Å². The summed E-state index contributed by atoms with van der Waals surface area (Å²) < 4.78 is 11.4. The summed E-state index contributed by atoms with van der Waals surface area (Å²) >= 11 is 0. The van der Waals surface area contributed by atoms with Crippen LogP contribution in [0.4, 0.5) is 0 Å². The number of benzene rings is 2. The van der Waals surface area contributed by atoms with Crippen LogP contribution < -0.4 is 9.47 Å². The van der Waals surface area contributed by atoms with E-state index in [1.165, 1.54) is 4.90 Å². The highest BCUT2D eigenvalue weighted by atomic mass is 16.6. The molecule has 0 aromatic heterocycles. The molecule has 2 aromatic carbocycles. The van der Waals surface area contributed by atoms with Crippen molar-refractivity contribution in [3.63, 3.8) is 0 Å². The van der Waals surface area contributed by atoms with E-state index < -0.39 is 0 Å². The monoisotopic (exact) mass is 295 g/mol. The van der Waals surface area contributed by atoms with Crippen molar-refractivity contribution >= 4 is 11.8 Å². The number of nitrogens with zero attached hydrogens (tertiary/aromatic N) is 1. The molecule has 2 amide bonds. The van der Waals surface area contributed by atoms with E-state index in [4.69, 9.17) is 9.47 Å². The first-order valence-corrected chi connectivity index (χ1v) is 7.08. The minimum absolute atomic E-state index is 0.181. The maximum absolute atomic E-state index is 12.3. The lowest BCUT2D eigenvalue weighted by Crippen LogP contribution is -2.43. The molecule has 2 aliphatic rings. The Hall–Kier alpha value is -2.82. The smallest absolute Gasteiger partial charge is 0.261 e. The number of fused-ring (bicyclic) bond motifs is 2. The van der Waals surface area contributed by atoms with Gasteiger partial charge in [0, 0.05) is 0 Å². The van der Waals surface area contributed by atoms with Crippen LogP contribution in [0.15, 0.2) is 48.5 Å². The van der Waals surface area contributed by atoms with Crippen LogP contribution in [-0.2, 0) is 0 Å². The zero-order chi connectivity index (χ0) is 15.1. The van der Waals surface area contributed by atoms with Gasteiger partial charge in [0.05, 0.1) is 17.7 Å². The molecule has 0 unspecified atom stereocenters. The zero-order valence-electron chi connectivity index (χ0n) is 11.7. The van der Waals surface area contributed by atoms with Gasteiger partial charge in [0.2, 0.25) is 0 Å². The van der Waals surface area contributed by atoms with Gasteiger partial charge in [0.1, 0.15) is 6.61 Å². The number of carbonyl (C=O) groups excluding carboxylic acids is 2. The van der Waals surface area contributed by atoms with Gasteiger partial charge in [-0.15, -0.1) is 0 Å². The standard InChI is InChI=1S/C17H13NO4/c19-16-12-5-1-2-6-13(12)17(20)18(16)9-11-10-21-14-7-3-4-8-15(14)22-11/h1-8,11H,9-10H2/t11-/m0/s1. The van der Waals surface area contributed by atoms with Crippen LogP contribution in [0.25, 0.3) is 0 Å². The van der Waals surface area contributed by atoms with Crippen molar-refractivity contribution in [2.75, 3.05) is 13.2 Å². The average Bonchev–Trinajstić information content (AvgIpc) is 2.80. The van der Waals surface area contributed by atoms with E-state index in [1.807, 2.05) is 24.3 Å². The fraction of sp³-hybridized carbons (Fsp3) is 0.176. The third-order valence-electron chi connectivity index (χ3n) is 3.83. The summed E-state index contributed by atoms with van der Waals surface area (Å²) in [5, 5.41) is 0. The third-order valence-corrected chi connectivity index (χ3v) is 3.83. The molecule has 0 fully saturated rings. The Kier molecular flexibility index (Phi) is 2.85. The van der Waals surface area contributed by atoms with Gasteiger partial charge in [-0.3, -0.25) is 14.5 Å². The number of para-hydroxylation sites is 2. The Morgan fingerprint density at radius 2 is 1.50 bits per heavy atom. The lowest BCUT2D eigenvalue weighted by atomic mass is 10.1. The molecule has 5 heteroatoms. The second kappa shape index (κ2) is 4.87. The number of ether oxygens (including phenoxy) is 2. The molecule has 0 saturated carbocycles. The highest BCUT2D eigenvalue weighted by molar-refractivity contribution is 6.21. The second-order valence-corrected chi connectivity index (χ2v) is 5.26. The number of imide groups is 1. The summed E-state index contributed by atoms with van der Waals surface area (Å²) in [5.74, 6) is 0.766. The van der Waals surface area contributed by atoms with Gasteiger partial charge in [-0.1, -0.05) is 24.3 Å². The lowest BCUT2D eigenvalue weighted by molar-refractivity contribution is 0.0430. The molecule has 0 spiro atoms. The summed E-state index contributed by atoms with van der Waals surface area (Å²) in [7, 11) is 0. The van der Waals surface area contributed by atoms with Crippen molar-refractivity contribution < 1.29 is 19.1 Å². The fourth-order valence-electron chi connectivity index (χ4n) is 2.76. The molecule has 1 atom stereocenters. The van der Waals surface area contributed by atoms with Crippen molar-refractivity contribution in [3.8, 4) is 11.5 Å². The first kappa shape index (κ1) is 12.9. The molecule has 22 heavy (non-hydrogen) atoms. The lowest BCUT2D eigenvalue weighted by Gasteiger charge is -2.28. The fourth-order valence-corrected chi connectivity index (χ4v) is 2.76. The summed E-state index contributed by atoms with van der Waals surface area (Å²) in [4.78, 5) is 25.9. The molecule has 0 aliphatic carbocycles. The maximum atomic E-state index is 12.3. The minimum atomic E-state index is -0.364. The molecule has 5 nitrogen and oxygen atoms in total. The van der Waals surface area contributed by atoms with E-state index in [0.29, 0.717) is 29.2 Å². The van der Waals surface area contributed by atoms with E-state index in [2.05, 4.69) is 0 Å². The van der Waals surface area contributed by atoms with E-state index in [-0.39, 0.29) is 24.5 Å². The van der Waals surface area contributed by atoms with Crippen molar-refractivity contribution in [3.05, 3.63) is 59.7 Å². The van der Waals surface area contributed by atoms with Gasteiger partial charge < -0.3 is 9.47 Å². The summed E-state index contributed by atoms with van der Waals surface area (Å²) in [6, 6.07) is 14.2. The highest BCUT2D eigenvalue weighted by Gasteiger charge is 2.37. The molecule has 0 saturated heterocycles. The van der Waals surface area contributed by atoms with Crippen LogP contribution in [-0.4, -0.2) is 36.0 Å². The predicted molar refractivity (Wildman–Crippen MR) is 78.2 cm³/mol. The number of amides is 2. The molecule has 110 valence electrons. The van der Waals surface area contributed by atoms with E-state index in [0.717, 1.165) is 0 Å². The van der Waals surface area contributed by atoms with Crippen molar-refractivity contribution in [2.45, 2.75) is 6.10 Å². The van der Waals surface area contributed by atoms with Gasteiger partial charge in [0.25, 0.3) is 11.8 Å². The molecule has 0 bridgehead atoms. The first-order chi connectivity index (χ1) is 10.7. The van der Waals surface area contributed by atoms with Crippen LogP contribution >= 0.6 is 0 Å². The maximum Gasteiger partial charge on any atom is 0.261 e. The topological polar surface area (TPSA) is 55.8 Å². The van der Waals surface area contributed by atoms with Crippen LogP contribution in [0.5, 0.6) is 11.5 Å². The van der Waals surface area contributed by atoms with E-state index in [9.17, 15) is 9.59 Å². The number of hydrogen-bond donors (Lipinski definition) is 0. The Morgan fingerprint density at radius 1 is 0.909 bits per heavy atom. The number of hydrogen-bond acceptors (Lipinski definition) is 4. The molecule has 2 aliphatic heterocycles. The molecule has 0 radical (unpaired) electrons. The number of rotatable bonds is 2. The van der Waals surface area contributed by atoms with Gasteiger partial charge in [0.15, 0.2) is 17.6 Å². The zero-order valence-corrected chi connectivity index (χ0v) is 11.7. The Morgan fingerprint density at radius 3 is 2.18 bits per heavy atom. The van der Waals surface area contributed by atoms with Crippen molar-refractivity contribution in [2.24, 2.45) is 0 Å². The first-order valence-electron chi connectivity index (χ1n) is 7.08. The Labute approximate surface area is 127 Å². The van der Waals surface area contributed by atoms with Gasteiger partial charge in [-0.05, 0) is 24.3 Å². The Bertz CT molecular complexity index is 736. The van der Waals surface area contributed by atoms with Gasteiger partial charge in [-0.2, -0.15) is 0 Å². The average molecular weight is 295 g/mol. The quantitative estimate of drug-likeness (QED) is 0.796. The van der Waals surface area contributed by atoms with Crippen molar-refractivity contribution in [1.82, 2.24) is 4.90 Å². The number of carbonyl (C=O) groups is 2. The molecule has 2 heterocycles. The molecule has 0 N–H and O–H groups in total. The molecule has 4 rings (SSSR count). The Balaban J connectivity index is 1.54. The van der Waals surface area contributed by atoms with E-state index >= 15 is 0 Å². The largest absolute Gasteiger partial charge is 0.486 e. The van der Waals surface area contributed by atoms with Gasteiger partial charge >= 0.3 is 0 Å². The minimum Gasteiger partial charge on any atom is -0.486 e. The summed E-state index contributed by atoms with van der Waals surface area (Å²) in [6.45, 7) is 0.491. The normalized spacial score (nSPS) is 19.3. The van der Waals surface area contributed by atoms with Crippen LogP contribution in [0.1, 0.15) is 20.7 Å². The predicted octanol–water partition coefficient (Wildman–Crippen LogP) is 2.12. The SMILES string of the molecule is O=C1c2ccccc2C(=O)N1C[C@H]1COc2ccccc2O1. The summed E-state index contributed by atoms with van der Waals surface area (Å²) in [6.07, 6.45) is -0.364. The highest BCUT2D eigenvalue weighted by Crippen LogP contribution is 2.32. The third kappa shape index (κ3) is 1.94. The summed E-state index contributed by atoms with van der Waals surface area (Å²) in [5.41, 5.74) is 0.897. The van der Waals surface area contributed by atoms with Crippen molar-refractivity contribution in [1.29, 1.82) is 0 Å². The van der Waals surface area contributed by atoms with Crippen LogP contribution in [0.2, 0.25) is 0 Å². The molecular formula is C17H13NO4. The van der Waals surface area contributed by atoms with E-state index in [1.54, 1.807) is 24.3 Å². The molecular weight excluding hydrogens is 282 g/mol. The van der Waals surface area contributed by atoms with Gasteiger partial charge in [-0.25, -0.2) is 0 Å². The second-order valence-electron chi connectivity index (χ2n) is 5.26. The molecule has 2 aromatic rings. The van der Waals surface area contributed by atoms with Crippen LogP contribution in [0, 0.1) is 0 Å².